The van der Waals surface area contributed by atoms with Gasteiger partial charge in [0, 0.05) is 29.1 Å². The molecule has 0 atom stereocenters. The molecule has 0 saturated heterocycles. The number of hydrogen-bond donors (Lipinski definition) is 1. The SMILES string of the molecule is COc1ccc2ncc3c(-c4ccc(OC)c(OC)c4)nn(-c4ccc5c(c4)CCNC5)c3c2c1.Cl.Cl. The highest BCUT2D eigenvalue weighted by atomic mass is 35.5. The average Bonchev–Trinajstić information content (AvgIpc) is 3.32. The van der Waals surface area contributed by atoms with Gasteiger partial charge in [-0.05, 0) is 72.6 Å². The van der Waals surface area contributed by atoms with Crippen molar-refractivity contribution in [2.45, 2.75) is 13.0 Å². The van der Waals surface area contributed by atoms with Gasteiger partial charge >= 0.3 is 0 Å². The Balaban J connectivity index is 0.00000160. The van der Waals surface area contributed by atoms with E-state index in [0.29, 0.717) is 11.5 Å². The van der Waals surface area contributed by atoms with Crippen molar-refractivity contribution in [3.8, 4) is 34.2 Å². The summed E-state index contributed by atoms with van der Waals surface area (Å²) in [6.07, 6.45) is 2.91. The summed E-state index contributed by atoms with van der Waals surface area (Å²) in [4.78, 5) is 4.75. The van der Waals surface area contributed by atoms with Gasteiger partial charge in [-0.1, -0.05) is 6.07 Å². The Kier molecular flexibility index (Phi) is 7.78. The van der Waals surface area contributed by atoms with Gasteiger partial charge in [0.05, 0.1) is 38.1 Å². The van der Waals surface area contributed by atoms with E-state index in [1.165, 1.54) is 11.1 Å². The topological polar surface area (TPSA) is 70.4 Å². The van der Waals surface area contributed by atoms with Crippen molar-refractivity contribution in [1.82, 2.24) is 20.1 Å². The molecule has 37 heavy (non-hydrogen) atoms. The van der Waals surface area contributed by atoms with Crippen molar-refractivity contribution in [3.05, 3.63) is 71.9 Å². The van der Waals surface area contributed by atoms with E-state index in [1.807, 2.05) is 47.3 Å². The molecule has 0 fully saturated rings. The molecule has 0 spiro atoms. The molecule has 0 radical (unpaired) electrons. The number of methoxy groups -OCH3 is 3. The molecular weight excluding hydrogens is 511 g/mol. The van der Waals surface area contributed by atoms with Gasteiger partial charge in [0.1, 0.15) is 11.4 Å². The van der Waals surface area contributed by atoms with Crippen LogP contribution in [0.2, 0.25) is 0 Å². The highest BCUT2D eigenvalue weighted by Gasteiger charge is 2.20. The molecule has 1 N–H and O–H groups in total. The van der Waals surface area contributed by atoms with E-state index in [4.69, 9.17) is 24.3 Å². The third-order valence-corrected chi connectivity index (χ3v) is 6.69. The molecular formula is C28H28Cl2N4O3. The fraction of sp³-hybridized carbons (Fsp3) is 0.214. The fourth-order valence-corrected chi connectivity index (χ4v) is 4.87. The Morgan fingerprint density at radius 3 is 2.43 bits per heavy atom. The predicted molar refractivity (Wildman–Crippen MR) is 151 cm³/mol. The van der Waals surface area contributed by atoms with Gasteiger partial charge < -0.3 is 19.5 Å². The molecule has 6 rings (SSSR count). The second-order valence-corrected chi connectivity index (χ2v) is 8.61. The zero-order chi connectivity index (χ0) is 23.9. The number of ether oxygens (including phenoxy) is 3. The minimum Gasteiger partial charge on any atom is -0.497 e. The summed E-state index contributed by atoms with van der Waals surface area (Å²) in [6, 6.07) is 18.4. The van der Waals surface area contributed by atoms with Crippen LogP contribution in [0.15, 0.2) is 60.8 Å². The van der Waals surface area contributed by atoms with Gasteiger partial charge in [0.15, 0.2) is 11.5 Å². The quantitative estimate of drug-likeness (QED) is 0.307. The zero-order valence-electron chi connectivity index (χ0n) is 20.8. The number of nitrogens with one attached hydrogen (secondary N) is 1. The Morgan fingerprint density at radius 1 is 0.811 bits per heavy atom. The largest absolute Gasteiger partial charge is 0.497 e. The maximum atomic E-state index is 5.57. The number of benzene rings is 3. The van der Waals surface area contributed by atoms with Crippen LogP contribution in [-0.2, 0) is 13.0 Å². The summed E-state index contributed by atoms with van der Waals surface area (Å²) in [5.41, 5.74) is 7.36. The molecule has 3 heterocycles. The summed E-state index contributed by atoms with van der Waals surface area (Å²) < 4.78 is 18.6. The molecule has 0 saturated carbocycles. The van der Waals surface area contributed by atoms with Gasteiger partial charge in [-0.3, -0.25) is 4.98 Å². The smallest absolute Gasteiger partial charge is 0.161 e. The molecule has 3 aromatic carbocycles. The first-order chi connectivity index (χ1) is 17.2. The van der Waals surface area contributed by atoms with E-state index in [9.17, 15) is 0 Å². The van der Waals surface area contributed by atoms with Crippen molar-refractivity contribution >= 4 is 46.6 Å². The number of nitrogens with zero attached hydrogens (tertiary/aromatic N) is 3. The maximum absolute atomic E-state index is 5.57. The summed E-state index contributed by atoms with van der Waals surface area (Å²) in [5, 5.41) is 10.5. The summed E-state index contributed by atoms with van der Waals surface area (Å²) in [5.74, 6) is 2.12. The van der Waals surface area contributed by atoms with E-state index in [2.05, 4.69) is 23.5 Å². The van der Waals surface area contributed by atoms with Crippen LogP contribution in [0.5, 0.6) is 17.2 Å². The maximum Gasteiger partial charge on any atom is 0.161 e. The third kappa shape index (κ3) is 4.55. The molecule has 5 aromatic rings. The summed E-state index contributed by atoms with van der Waals surface area (Å²) >= 11 is 0. The lowest BCUT2D eigenvalue weighted by Crippen LogP contribution is -2.23. The van der Waals surface area contributed by atoms with Crippen LogP contribution in [0.4, 0.5) is 0 Å². The Hall–Kier alpha value is -3.52. The molecule has 9 heteroatoms. The standard InChI is InChI=1S/C28H26N4O3.2ClH/c1-33-21-7-8-24-22(14-21)28-23(16-30-24)27(18-5-9-25(34-2)26(13-18)35-3)31-32(28)20-6-4-19-15-29-11-10-17(19)12-20;;/h4-9,12-14,16,29H,10-11,15H2,1-3H3;2*1H. The van der Waals surface area contributed by atoms with Crippen molar-refractivity contribution in [2.75, 3.05) is 27.9 Å². The highest BCUT2D eigenvalue weighted by Crippen LogP contribution is 2.38. The van der Waals surface area contributed by atoms with Crippen molar-refractivity contribution in [3.63, 3.8) is 0 Å². The van der Waals surface area contributed by atoms with Crippen LogP contribution in [0, 0.1) is 0 Å². The number of hydrogen-bond acceptors (Lipinski definition) is 6. The number of fused-ring (bicyclic) bond motifs is 4. The normalized spacial score (nSPS) is 12.4. The van der Waals surface area contributed by atoms with Crippen LogP contribution in [0.3, 0.4) is 0 Å². The van der Waals surface area contributed by atoms with Gasteiger partial charge in [0.2, 0.25) is 0 Å². The van der Waals surface area contributed by atoms with Crippen LogP contribution in [0.1, 0.15) is 11.1 Å². The predicted octanol–water partition coefficient (Wildman–Crippen LogP) is 5.76. The second kappa shape index (κ2) is 10.8. The lowest BCUT2D eigenvalue weighted by atomic mass is 10.0. The first kappa shape index (κ1) is 26.5. The monoisotopic (exact) mass is 538 g/mol. The van der Waals surface area contributed by atoms with Crippen LogP contribution >= 0.6 is 24.8 Å². The molecule has 0 bridgehead atoms. The fourth-order valence-electron chi connectivity index (χ4n) is 4.87. The zero-order valence-corrected chi connectivity index (χ0v) is 22.4. The summed E-state index contributed by atoms with van der Waals surface area (Å²) in [6.45, 7) is 1.88. The Labute approximate surface area is 227 Å². The van der Waals surface area contributed by atoms with E-state index < -0.39 is 0 Å². The van der Waals surface area contributed by atoms with Crippen LogP contribution < -0.4 is 19.5 Å². The molecule has 1 aliphatic rings. The van der Waals surface area contributed by atoms with Gasteiger partial charge in [-0.15, -0.1) is 24.8 Å². The minimum atomic E-state index is 0. The highest BCUT2D eigenvalue weighted by molar-refractivity contribution is 6.09. The second-order valence-electron chi connectivity index (χ2n) is 8.61. The number of halogens is 2. The van der Waals surface area contributed by atoms with Crippen LogP contribution in [-0.4, -0.2) is 42.6 Å². The first-order valence-electron chi connectivity index (χ1n) is 11.6. The first-order valence-corrected chi connectivity index (χ1v) is 11.6. The van der Waals surface area contributed by atoms with Crippen molar-refractivity contribution in [2.24, 2.45) is 0 Å². The molecule has 0 unspecified atom stereocenters. The van der Waals surface area contributed by atoms with Crippen LogP contribution in [0.25, 0.3) is 38.8 Å². The van der Waals surface area contributed by atoms with Crippen molar-refractivity contribution < 1.29 is 14.2 Å². The third-order valence-electron chi connectivity index (χ3n) is 6.69. The minimum absolute atomic E-state index is 0. The number of rotatable bonds is 5. The lowest BCUT2D eigenvalue weighted by Gasteiger charge is -2.18. The van der Waals surface area contributed by atoms with Gasteiger partial charge in [-0.25, -0.2) is 4.68 Å². The van der Waals surface area contributed by atoms with E-state index in [0.717, 1.165) is 64.0 Å². The van der Waals surface area contributed by atoms with Gasteiger partial charge in [0.25, 0.3) is 0 Å². The average molecular weight is 539 g/mol. The van der Waals surface area contributed by atoms with E-state index in [1.54, 1.807) is 21.3 Å². The molecule has 0 aliphatic carbocycles. The van der Waals surface area contributed by atoms with E-state index >= 15 is 0 Å². The van der Waals surface area contributed by atoms with Crippen molar-refractivity contribution in [1.29, 1.82) is 0 Å². The van der Waals surface area contributed by atoms with E-state index in [-0.39, 0.29) is 24.8 Å². The Bertz CT molecular complexity index is 1590. The molecule has 2 aromatic heterocycles. The summed E-state index contributed by atoms with van der Waals surface area (Å²) in [7, 11) is 4.96. The lowest BCUT2D eigenvalue weighted by molar-refractivity contribution is 0.355. The molecule has 0 amide bonds. The number of aromatic nitrogens is 3. The van der Waals surface area contributed by atoms with Gasteiger partial charge in [-0.2, -0.15) is 5.10 Å². The molecule has 1 aliphatic heterocycles. The molecule has 7 nitrogen and oxygen atoms in total. The molecule has 192 valence electrons. The Morgan fingerprint density at radius 2 is 1.65 bits per heavy atom. The number of pyridine rings is 1.